The predicted molar refractivity (Wildman–Crippen MR) is 109 cm³/mol. The standard InChI is InChI=1S/C23H18FN3O3/c24-18-9-5-4-8-17(18)21(23-27-26-22(30-23)15-6-2-1-3-7-15)25-16-10-11-19-20(14-16)29-13-12-28-19/h1-11,14,21,25H,12-13H2/t21-/m0/s1. The van der Waals surface area contributed by atoms with Crippen molar-refractivity contribution in [2.24, 2.45) is 0 Å². The fraction of sp³-hybridized carbons (Fsp3) is 0.130. The van der Waals surface area contributed by atoms with Gasteiger partial charge in [-0.3, -0.25) is 0 Å². The van der Waals surface area contributed by atoms with Crippen LogP contribution in [0.2, 0.25) is 0 Å². The zero-order valence-electron chi connectivity index (χ0n) is 15.9. The number of hydrogen-bond acceptors (Lipinski definition) is 6. The molecule has 30 heavy (non-hydrogen) atoms. The molecule has 3 aromatic carbocycles. The van der Waals surface area contributed by atoms with Gasteiger partial charge in [-0.1, -0.05) is 36.4 Å². The molecule has 5 rings (SSSR count). The lowest BCUT2D eigenvalue weighted by Crippen LogP contribution is -2.17. The SMILES string of the molecule is Fc1ccccc1[C@H](Nc1ccc2c(c1)OCCO2)c1nnc(-c2ccccc2)o1. The molecule has 0 unspecified atom stereocenters. The lowest BCUT2D eigenvalue weighted by Gasteiger charge is -2.21. The summed E-state index contributed by atoms with van der Waals surface area (Å²) in [5.74, 6) is 1.57. The highest BCUT2D eigenvalue weighted by Gasteiger charge is 2.25. The first-order chi connectivity index (χ1) is 14.8. The van der Waals surface area contributed by atoms with Gasteiger partial charge < -0.3 is 19.2 Å². The Labute approximate surface area is 172 Å². The molecule has 2 heterocycles. The number of anilines is 1. The van der Waals surface area contributed by atoms with Crippen LogP contribution in [0.5, 0.6) is 11.5 Å². The Balaban J connectivity index is 1.52. The molecule has 6 nitrogen and oxygen atoms in total. The lowest BCUT2D eigenvalue weighted by molar-refractivity contribution is 0.171. The molecular weight excluding hydrogens is 385 g/mol. The number of nitrogens with zero attached hydrogens (tertiary/aromatic N) is 2. The molecule has 1 atom stereocenters. The minimum absolute atomic E-state index is 0.258. The van der Waals surface area contributed by atoms with Crippen LogP contribution in [0.25, 0.3) is 11.5 Å². The maximum Gasteiger partial charge on any atom is 0.247 e. The Bertz CT molecular complexity index is 1160. The molecule has 0 amide bonds. The molecule has 1 aliphatic rings. The van der Waals surface area contributed by atoms with E-state index in [9.17, 15) is 4.39 Å². The largest absolute Gasteiger partial charge is 0.486 e. The first kappa shape index (κ1) is 18.2. The first-order valence-corrected chi connectivity index (χ1v) is 9.57. The third-order valence-electron chi connectivity index (χ3n) is 4.78. The minimum atomic E-state index is -0.682. The number of ether oxygens (including phenoxy) is 2. The number of nitrogens with one attached hydrogen (secondary N) is 1. The van der Waals surface area contributed by atoms with Crippen LogP contribution >= 0.6 is 0 Å². The van der Waals surface area contributed by atoms with Gasteiger partial charge in [0.05, 0.1) is 0 Å². The quantitative estimate of drug-likeness (QED) is 0.514. The van der Waals surface area contributed by atoms with Gasteiger partial charge in [0.2, 0.25) is 11.8 Å². The molecule has 1 aliphatic heterocycles. The number of rotatable bonds is 5. The van der Waals surface area contributed by atoms with Gasteiger partial charge in [0.1, 0.15) is 25.1 Å². The maximum atomic E-state index is 14.7. The summed E-state index contributed by atoms with van der Waals surface area (Å²) >= 11 is 0. The Kier molecular flexibility index (Phi) is 4.77. The maximum absolute atomic E-state index is 14.7. The predicted octanol–water partition coefficient (Wildman–Crippen LogP) is 4.85. The average molecular weight is 403 g/mol. The highest BCUT2D eigenvalue weighted by atomic mass is 19.1. The van der Waals surface area contributed by atoms with Gasteiger partial charge in [0.15, 0.2) is 11.5 Å². The van der Waals surface area contributed by atoms with Crippen molar-refractivity contribution in [2.75, 3.05) is 18.5 Å². The van der Waals surface area contributed by atoms with Gasteiger partial charge in [-0.25, -0.2) is 4.39 Å². The molecule has 7 heteroatoms. The second kappa shape index (κ2) is 7.87. The van der Waals surface area contributed by atoms with Crippen LogP contribution in [0.3, 0.4) is 0 Å². The Hall–Kier alpha value is -3.87. The summed E-state index contributed by atoms with van der Waals surface area (Å²) in [4.78, 5) is 0. The Morgan fingerprint density at radius 1 is 0.833 bits per heavy atom. The van der Waals surface area contributed by atoms with Crippen LogP contribution in [-0.4, -0.2) is 23.4 Å². The topological polar surface area (TPSA) is 69.4 Å². The smallest absolute Gasteiger partial charge is 0.247 e. The van der Waals surface area contributed by atoms with E-state index in [-0.39, 0.29) is 11.7 Å². The Morgan fingerprint density at radius 3 is 2.43 bits per heavy atom. The molecule has 150 valence electrons. The molecule has 4 aromatic rings. The van der Waals surface area contributed by atoms with Crippen LogP contribution in [0.15, 0.2) is 77.2 Å². The van der Waals surface area contributed by atoms with E-state index in [0.717, 1.165) is 5.56 Å². The van der Waals surface area contributed by atoms with Crippen LogP contribution in [0.1, 0.15) is 17.5 Å². The second-order valence-electron chi connectivity index (χ2n) is 6.77. The second-order valence-corrected chi connectivity index (χ2v) is 6.77. The van der Waals surface area contributed by atoms with Crippen molar-refractivity contribution >= 4 is 5.69 Å². The van der Waals surface area contributed by atoms with E-state index in [2.05, 4.69) is 15.5 Å². The number of benzene rings is 3. The third-order valence-corrected chi connectivity index (χ3v) is 4.78. The van der Waals surface area contributed by atoms with Crippen LogP contribution in [-0.2, 0) is 0 Å². The molecule has 0 bridgehead atoms. The van der Waals surface area contributed by atoms with Crippen LogP contribution < -0.4 is 14.8 Å². The fourth-order valence-corrected chi connectivity index (χ4v) is 3.33. The monoisotopic (exact) mass is 403 g/mol. The van der Waals surface area contributed by atoms with E-state index in [4.69, 9.17) is 13.9 Å². The summed E-state index contributed by atoms with van der Waals surface area (Å²) in [6.07, 6.45) is 0. The molecule has 0 spiro atoms. The summed E-state index contributed by atoms with van der Waals surface area (Å²) < 4.78 is 31.8. The number of halogens is 1. The minimum Gasteiger partial charge on any atom is -0.486 e. The number of fused-ring (bicyclic) bond motifs is 1. The van der Waals surface area contributed by atoms with Crippen LogP contribution in [0, 0.1) is 5.82 Å². The van der Waals surface area contributed by atoms with Crippen molar-refractivity contribution in [3.63, 3.8) is 0 Å². The summed E-state index contributed by atoms with van der Waals surface area (Å²) in [5.41, 5.74) is 1.91. The van der Waals surface area contributed by atoms with Gasteiger partial charge >= 0.3 is 0 Å². The summed E-state index contributed by atoms with van der Waals surface area (Å²) in [7, 11) is 0. The van der Waals surface area contributed by atoms with Crippen molar-refractivity contribution < 1.29 is 18.3 Å². The summed E-state index contributed by atoms with van der Waals surface area (Å²) in [6, 6.07) is 20.7. The molecule has 1 N–H and O–H groups in total. The number of hydrogen-bond donors (Lipinski definition) is 1. The average Bonchev–Trinajstić information content (AvgIpc) is 3.29. The van der Waals surface area contributed by atoms with E-state index in [1.54, 1.807) is 18.2 Å². The van der Waals surface area contributed by atoms with E-state index in [0.29, 0.717) is 41.9 Å². The van der Waals surface area contributed by atoms with Crippen molar-refractivity contribution in [2.45, 2.75) is 6.04 Å². The highest BCUT2D eigenvalue weighted by molar-refractivity contribution is 5.57. The summed E-state index contributed by atoms with van der Waals surface area (Å²) in [5, 5.41) is 11.6. The highest BCUT2D eigenvalue weighted by Crippen LogP contribution is 2.35. The van der Waals surface area contributed by atoms with Gasteiger partial charge in [-0.15, -0.1) is 10.2 Å². The molecule has 1 aromatic heterocycles. The third kappa shape index (κ3) is 3.57. The molecular formula is C23H18FN3O3. The molecule has 0 aliphatic carbocycles. The van der Waals surface area contributed by atoms with Crippen molar-refractivity contribution in [3.8, 4) is 23.0 Å². The van der Waals surface area contributed by atoms with E-state index < -0.39 is 6.04 Å². The van der Waals surface area contributed by atoms with Gasteiger partial charge in [-0.2, -0.15) is 0 Å². The zero-order valence-corrected chi connectivity index (χ0v) is 15.9. The van der Waals surface area contributed by atoms with Crippen molar-refractivity contribution in [1.82, 2.24) is 10.2 Å². The molecule has 0 fully saturated rings. The van der Waals surface area contributed by atoms with Gasteiger partial charge in [0.25, 0.3) is 0 Å². The molecule has 0 saturated carbocycles. The van der Waals surface area contributed by atoms with Crippen molar-refractivity contribution in [1.29, 1.82) is 0 Å². The van der Waals surface area contributed by atoms with Crippen LogP contribution in [0.4, 0.5) is 10.1 Å². The van der Waals surface area contributed by atoms with E-state index in [1.165, 1.54) is 6.07 Å². The number of aromatic nitrogens is 2. The lowest BCUT2D eigenvalue weighted by atomic mass is 10.1. The zero-order chi connectivity index (χ0) is 20.3. The molecule has 0 radical (unpaired) electrons. The van der Waals surface area contributed by atoms with Gasteiger partial charge in [-0.05, 0) is 30.3 Å². The fourth-order valence-electron chi connectivity index (χ4n) is 3.33. The van der Waals surface area contributed by atoms with E-state index >= 15 is 0 Å². The Morgan fingerprint density at radius 2 is 1.60 bits per heavy atom. The van der Waals surface area contributed by atoms with E-state index in [1.807, 2.05) is 48.5 Å². The van der Waals surface area contributed by atoms with Gasteiger partial charge in [0, 0.05) is 22.9 Å². The summed E-state index contributed by atoms with van der Waals surface area (Å²) in [6.45, 7) is 0.999. The van der Waals surface area contributed by atoms with Crippen molar-refractivity contribution in [3.05, 3.63) is 90.1 Å². The normalized spacial score (nSPS) is 13.6. The molecule has 0 saturated heterocycles. The first-order valence-electron chi connectivity index (χ1n) is 9.57.